The van der Waals surface area contributed by atoms with Gasteiger partial charge in [0.15, 0.2) is 0 Å². The van der Waals surface area contributed by atoms with Crippen molar-refractivity contribution in [2.75, 3.05) is 5.73 Å². The molecule has 0 aromatic carbocycles. The molecule has 1 fully saturated rings. The molecule has 0 aliphatic carbocycles. The maximum Gasteiger partial charge on any atom is 0.338 e. The van der Waals surface area contributed by atoms with E-state index in [1.54, 1.807) is 6.07 Å². The molecule has 1 aromatic rings. The predicted octanol–water partition coefficient (Wildman–Crippen LogP) is 1.78. The summed E-state index contributed by atoms with van der Waals surface area (Å²) in [6.07, 6.45) is 3.11. The number of aromatic nitrogens is 1. The number of carbonyl (C=O) groups is 1. The van der Waals surface area contributed by atoms with Gasteiger partial charge in [0.2, 0.25) is 0 Å². The monoisotopic (exact) mass is 250 g/mol. The van der Waals surface area contributed by atoms with Gasteiger partial charge in [-0.2, -0.15) is 0 Å². The average Bonchev–Trinajstić information content (AvgIpc) is 2.27. The molecule has 5 heteroatoms. The van der Waals surface area contributed by atoms with Crippen LogP contribution in [0.2, 0.25) is 0 Å². The molecule has 1 aromatic heterocycles. The predicted molar refractivity (Wildman–Crippen MR) is 67.1 cm³/mol. The second-order valence-electron chi connectivity index (χ2n) is 4.73. The Bertz CT molecular complexity index is 426. The number of nitrogens with two attached hydrogens (primary N) is 1. The van der Waals surface area contributed by atoms with E-state index in [4.69, 9.17) is 15.2 Å². The Morgan fingerprint density at radius 3 is 2.72 bits per heavy atom. The van der Waals surface area contributed by atoms with Gasteiger partial charge in [-0.1, -0.05) is 0 Å². The van der Waals surface area contributed by atoms with Gasteiger partial charge in [0.05, 0.1) is 17.8 Å². The van der Waals surface area contributed by atoms with Crippen LogP contribution in [0.15, 0.2) is 18.3 Å². The standard InChI is InChI=1S/C13H18N2O3/c1-8-5-11(6-9(2)17-8)18-13(16)10-3-4-15-12(14)7-10/h3-4,7-9,11H,5-6H2,1-2H3,(H2,14,15). The molecule has 0 radical (unpaired) electrons. The van der Waals surface area contributed by atoms with Crippen LogP contribution in [0.1, 0.15) is 37.0 Å². The molecule has 2 heterocycles. The van der Waals surface area contributed by atoms with Crippen molar-refractivity contribution < 1.29 is 14.3 Å². The van der Waals surface area contributed by atoms with Gasteiger partial charge in [0.25, 0.3) is 0 Å². The van der Waals surface area contributed by atoms with Gasteiger partial charge < -0.3 is 15.2 Å². The summed E-state index contributed by atoms with van der Waals surface area (Å²) in [6.45, 7) is 3.97. The smallest absolute Gasteiger partial charge is 0.338 e. The Morgan fingerprint density at radius 1 is 1.44 bits per heavy atom. The Morgan fingerprint density at radius 2 is 2.11 bits per heavy atom. The summed E-state index contributed by atoms with van der Waals surface area (Å²) in [7, 11) is 0. The molecule has 0 spiro atoms. The molecule has 1 saturated heterocycles. The minimum Gasteiger partial charge on any atom is -0.459 e. The summed E-state index contributed by atoms with van der Waals surface area (Å²) >= 11 is 0. The molecule has 2 atom stereocenters. The van der Waals surface area contributed by atoms with Gasteiger partial charge in [0, 0.05) is 19.0 Å². The normalized spacial score (nSPS) is 27.8. The van der Waals surface area contributed by atoms with E-state index in [9.17, 15) is 4.79 Å². The second-order valence-corrected chi connectivity index (χ2v) is 4.73. The first-order valence-electron chi connectivity index (χ1n) is 6.12. The molecule has 2 unspecified atom stereocenters. The first-order chi connectivity index (χ1) is 8.54. The highest BCUT2D eigenvalue weighted by Gasteiger charge is 2.27. The lowest BCUT2D eigenvalue weighted by molar-refractivity contribution is -0.0855. The van der Waals surface area contributed by atoms with Crippen LogP contribution in [0.3, 0.4) is 0 Å². The van der Waals surface area contributed by atoms with E-state index in [2.05, 4.69) is 4.98 Å². The summed E-state index contributed by atoms with van der Waals surface area (Å²) in [4.78, 5) is 15.8. The van der Waals surface area contributed by atoms with E-state index >= 15 is 0 Å². The molecule has 5 nitrogen and oxygen atoms in total. The number of ether oxygens (including phenoxy) is 2. The molecule has 98 valence electrons. The van der Waals surface area contributed by atoms with Crippen molar-refractivity contribution in [3.05, 3.63) is 23.9 Å². The van der Waals surface area contributed by atoms with Crippen molar-refractivity contribution >= 4 is 11.8 Å². The number of rotatable bonds is 2. The number of hydrogen-bond donors (Lipinski definition) is 1. The maximum atomic E-state index is 11.9. The van der Waals surface area contributed by atoms with Crippen molar-refractivity contribution in [1.29, 1.82) is 0 Å². The topological polar surface area (TPSA) is 74.4 Å². The molecular weight excluding hydrogens is 232 g/mol. The van der Waals surface area contributed by atoms with Gasteiger partial charge in [-0.15, -0.1) is 0 Å². The minimum atomic E-state index is -0.351. The minimum absolute atomic E-state index is 0.0920. The Labute approximate surface area is 106 Å². The van der Waals surface area contributed by atoms with Crippen molar-refractivity contribution in [3.63, 3.8) is 0 Å². The Hall–Kier alpha value is -1.62. The van der Waals surface area contributed by atoms with Crippen LogP contribution in [-0.2, 0) is 9.47 Å². The molecule has 0 amide bonds. The van der Waals surface area contributed by atoms with E-state index in [1.807, 2.05) is 13.8 Å². The molecule has 1 aliphatic rings. The number of carbonyl (C=O) groups excluding carboxylic acids is 1. The maximum absolute atomic E-state index is 11.9. The number of hydrogen-bond acceptors (Lipinski definition) is 5. The molecule has 0 saturated carbocycles. The zero-order valence-corrected chi connectivity index (χ0v) is 10.6. The van der Waals surface area contributed by atoms with Crippen LogP contribution in [0, 0.1) is 0 Å². The fourth-order valence-electron chi connectivity index (χ4n) is 2.24. The number of pyridine rings is 1. The number of nitrogens with zero attached hydrogens (tertiary/aromatic N) is 1. The van der Waals surface area contributed by atoms with Gasteiger partial charge in [-0.3, -0.25) is 0 Å². The van der Waals surface area contributed by atoms with Crippen LogP contribution >= 0.6 is 0 Å². The summed E-state index contributed by atoms with van der Waals surface area (Å²) < 4.78 is 11.1. The highest BCUT2D eigenvalue weighted by molar-refractivity contribution is 5.90. The summed E-state index contributed by atoms with van der Waals surface area (Å²) in [6, 6.07) is 3.12. The summed E-state index contributed by atoms with van der Waals surface area (Å²) in [5.74, 6) is -0.0337. The van der Waals surface area contributed by atoms with Gasteiger partial charge in [-0.25, -0.2) is 9.78 Å². The fourth-order valence-corrected chi connectivity index (χ4v) is 2.24. The summed E-state index contributed by atoms with van der Waals surface area (Å²) in [5.41, 5.74) is 5.97. The van der Waals surface area contributed by atoms with Crippen molar-refractivity contribution in [2.24, 2.45) is 0 Å². The van der Waals surface area contributed by atoms with E-state index < -0.39 is 0 Å². The first-order valence-corrected chi connectivity index (χ1v) is 6.12. The van der Waals surface area contributed by atoms with E-state index in [0.717, 1.165) is 12.8 Å². The highest BCUT2D eigenvalue weighted by Crippen LogP contribution is 2.22. The molecule has 1 aliphatic heterocycles. The van der Waals surface area contributed by atoms with Gasteiger partial charge >= 0.3 is 5.97 Å². The third kappa shape index (κ3) is 3.20. The van der Waals surface area contributed by atoms with Crippen LogP contribution in [-0.4, -0.2) is 29.3 Å². The van der Waals surface area contributed by atoms with Crippen LogP contribution in [0.25, 0.3) is 0 Å². The lowest BCUT2D eigenvalue weighted by Crippen LogP contribution is -2.35. The van der Waals surface area contributed by atoms with Crippen LogP contribution in [0.4, 0.5) is 5.82 Å². The quantitative estimate of drug-likeness (QED) is 0.810. The lowest BCUT2D eigenvalue weighted by Gasteiger charge is -2.31. The highest BCUT2D eigenvalue weighted by atomic mass is 16.6. The van der Waals surface area contributed by atoms with Crippen LogP contribution in [0.5, 0.6) is 0 Å². The number of esters is 1. The average molecular weight is 250 g/mol. The van der Waals surface area contributed by atoms with Crippen molar-refractivity contribution in [1.82, 2.24) is 4.98 Å². The zero-order valence-electron chi connectivity index (χ0n) is 10.6. The third-order valence-electron chi connectivity index (χ3n) is 2.94. The second kappa shape index (κ2) is 5.35. The Kier molecular flexibility index (Phi) is 3.81. The lowest BCUT2D eigenvalue weighted by atomic mass is 10.0. The molecule has 2 rings (SSSR count). The van der Waals surface area contributed by atoms with E-state index in [0.29, 0.717) is 11.4 Å². The summed E-state index contributed by atoms with van der Waals surface area (Å²) in [5, 5.41) is 0. The van der Waals surface area contributed by atoms with Crippen molar-refractivity contribution in [2.45, 2.75) is 45.0 Å². The SMILES string of the molecule is CC1CC(OC(=O)c2ccnc(N)c2)CC(C)O1. The third-order valence-corrected chi connectivity index (χ3v) is 2.94. The largest absolute Gasteiger partial charge is 0.459 e. The molecule has 18 heavy (non-hydrogen) atoms. The van der Waals surface area contributed by atoms with E-state index in [-0.39, 0.29) is 24.3 Å². The molecule has 2 N–H and O–H groups in total. The van der Waals surface area contributed by atoms with E-state index in [1.165, 1.54) is 12.3 Å². The van der Waals surface area contributed by atoms with Crippen molar-refractivity contribution in [3.8, 4) is 0 Å². The number of nitrogen functional groups attached to an aromatic ring is 1. The van der Waals surface area contributed by atoms with Gasteiger partial charge in [0.1, 0.15) is 11.9 Å². The molecular formula is C13H18N2O3. The Balaban J connectivity index is 1.99. The van der Waals surface area contributed by atoms with Gasteiger partial charge in [-0.05, 0) is 26.0 Å². The van der Waals surface area contributed by atoms with Crippen LogP contribution < -0.4 is 5.73 Å². The fraction of sp³-hybridized carbons (Fsp3) is 0.538. The first kappa shape index (κ1) is 12.8. The zero-order chi connectivity index (χ0) is 13.1. The number of anilines is 1. The molecule has 0 bridgehead atoms.